The van der Waals surface area contributed by atoms with E-state index in [1.165, 1.54) is 0 Å². The Labute approximate surface area is 149 Å². The van der Waals surface area contributed by atoms with Gasteiger partial charge in [0.1, 0.15) is 6.10 Å². The molecule has 2 aromatic carbocycles. The molecule has 0 heterocycles. The van der Waals surface area contributed by atoms with Gasteiger partial charge in [-0.1, -0.05) is 37.3 Å². The van der Waals surface area contributed by atoms with Crippen molar-refractivity contribution >= 4 is 0 Å². The van der Waals surface area contributed by atoms with Crippen LogP contribution < -0.4 is 9.47 Å². The van der Waals surface area contributed by atoms with Crippen molar-refractivity contribution in [2.24, 2.45) is 0 Å². The first-order valence-corrected chi connectivity index (χ1v) is 8.34. The van der Waals surface area contributed by atoms with E-state index in [1.807, 2.05) is 30.3 Å². The third-order valence-corrected chi connectivity index (χ3v) is 3.75. The molecule has 0 saturated heterocycles. The minimum Gasteiger partial charge on any atom is -0.493 e. The van der Waals surface area contributed by atoms with Crippen LogP contribution in [-0.4, -0.2) is 32.7 Å². The van der Waals surface area contributed by atoms with Gasteiger partial charge in [0.05, 0.1) is 13.7 Å². The van der Waals surface area contributed by atoms with Gasteiger partial charge in [-0.2, -0.15) is 0 Å². The number of aliphatic hydroxyl groups excluding tert-OH is 1. The molecule has 0 aromatic heterocycles. The average molecular weight is 346 g/mol. The predicted octanol–water partition coefficient (Wildman–Crippen LogP) is 3.69. The molecule has 0 spiro atoms. The van der Waals surface area contributed by atoms with Crippen molar-refractivity contribution in [3.63, 3.8) is 0 Å². The van der Waals surface area contributed by atoms with Crippen LogP contribution >= 0.6 is 0 Å². The van der Waals surface area contributed by atoms with Gasteiger partial charge in [0.15, 0.2) is 18.3 Å². The second-order valence-corrected chi connectivity index (χ2v) is 5.66. The van der Waals surface area contributed by atoms with Crippen LogP contribution in [0, 0.1) is 0 Å². The molecular weight excluding hydrogens is 320 g/mol. The van der Waals surface area contributed by atoms with Crippen LogP contribution in [-0.2, 0) is 16.1 Å². The summed E-state index contributed by atoms with van der Waals surface area (Å²) in [7, 11) is 3.13. The normalized spacial score (nSPS) is 12.0. The lowest BCUT2D eigenvalue weighted by Crippen LogP contribution is -2.04. The Morgan fingerprint density at radius 2 is 1.68 bits per heavy atom. The van der Waals surface area contributed by atoms with Crippen molar-refractivity contribution < 1.29 is 24.1 Å². The zero-order valence-electron chi connectivity index (χ0n) is 15.0. The summed E-state index contributed by atoms with van der Waals surface area (Å²) in [6.07, 6.45) is 0.253. The van der Waals surface area contributed by atoms with Crippen LogP contribution in [0.3, 0.4) is 0 Å². The number of methoxy groups -OCH3 is 2. The first kappa shape index (κ1) is 19.2. The SMILES string of the molecule is CCCOCc1ccc(C(O)c2ccc(OC)c(OCOC)c2)cc1. The van der Waals surface area contributed by atoms with Gasteiger partial charge in [-0.15, -0.1) is 0 Å². The first-order chi connectivity index (χ1) is 12.2. The van der Waals surface area contributed by atoms with Gasteiger partial charge in [0.2, 0.25) is 0 Å². The van der Waals surface area contributed by atoms with Crippen molar-refractivity contribution in [1.29, 1.82) is 0 Å². The van der Waals surface area contributed by atoms with Gasteiger partial charge >= 0.3 is 0 Å². The number of aliphatic hydroxyl groups is 1. The van der Waals surface area contributed by atoms with E-state index >= 15 is 0 Å². The molecule has 0 amide bonds. The Hall–Kier alpha value is -2.08. The highest BCUT2D eigenvalue weighted by atomic mass is 16.7. The van der Waals surface area contributed by atoms with Crippen molar-refractivity contribution in [3.05, 3.63) is 59.2 Å². The van der Waals surface area contributed by atoms with E-state index in [9.17, 15) is 5.11 Å². The molecule has 2 rings (SSSR count). The van der Waals surface area contributed by atoms with Crippen LogP contribution in [0.5, 0.6) is 11.5 Å². The highest BCUT2D eigenvalue weighted by Crippen LogP contribution is 2.32. The molecule has 2 aromatic rings. The van der Waals surface area contributed by atoms with Gasteiger partial charge in [0, 0.05) is 13.7 Å². The summed E-state index contributed by atoms with van der Waals surface area (Å²) < 4.78 is 21.2. The van der Waals surface area contributed by atoms with Crippen LogP contribution in [0.2, 0.25) is 0 Å². The molecule has 136 valence electrons. The van der Waals surface area contributed by atoms with E-state index in [-0.39, 0.29) is 6.79 Å². The quantitative estimate of drug-likeness (QED) is 0.525. The molecule has 0 aliphatic heterocycles. The molecule has 5 nitrogen and oxygen atoms in total. The number of ether oxygens (including phenoxy) is 4. The second kappa shape index (κ2) is 10.0. The summed E-state index contributed by atoms with van der Waals surface area (Å²) in [5, 5.41) is 10.7. The molecule has 0 aliphatic rings. The smallest absolute Gasteiger partial charge is 0.188 e. The summed E-state index contributed by atoms with van der Waals surface area (Å²) in [4.78, 5) is 0. The molecule has 0 saturated carbocycles. The molecule has 1 atom stereocenters. The van der Waals surface area contributed by atoms with Crippen molar-refractivity contribution in [2.75, 3.05) is 27.6 Å². The van der Waals surface area contributed by atoms with Gasteiger partial charge < -0.3 is 24.1 Å². The lowest BCUT2D eigenvalue weighted by molar-refractivity contribution is 0.0489. The predicted molar refractivity (Wildman–Crippen MR) is 95.9 cm³/mol. The fraction of sp³-hybridized carbons (Fsp3) is 0.400. The van der Waals surface area contributed by atoms with Crippen molar-refractivity contribution in [2.45, 2.75) is 26.1 Å². The molecule has 0 aliphatic carbocycles. The second-order valence-electron chi connectivity index (χ2n) is 5.66. The Balaban J connectivity index is 2.12. The Morgan fingerprint density at radius 1 is 0.960 bits per heavy atom. The number of hydrogen-bond donors (Lipinski definition) is 1. The lowest BCUT2D eigenvalue weighted by Gasteiger charge is -2.16. The van der Waals surface area contributed by atoms with Gasteiger partial charge in [-0.25, -0.2) is 0 Å². The molecule has 0 bridgehead atoms. The molecule has 1 N–H and O–H groups in total. The van der Waals surface area contributed by atoms with E-state index < -0.39 is 6.10 Å². The standard InChI is InChI=1S/C20H26O5/c1-4-11-24-13-15-5-7-16(8-6-15)20(21)17-9-10-18(23-3)19(12-17)25-14-22-2/h5-10,12,20-21H,4,11,13-14H2,1-3H3. The fourth-order valence-corrected chi connectivity index (χ4v) is 2.42. The Bertz CT molecular complexity index is 639. The third-order valence-electron chi connectivity index (χ3n) is 3.75. The number of benzene rings is 2. The molecule has 1 unspecified atom stereocenters. The molecule has 25 heavy (non-hydrogen) atoms. The van der Waals surface area contributed by atoms with Gasteiger partial charge in [0.25, 0.3) is 0 Å². The highest BCUT2D eigenvalue weighted by molar-refractivity contribution is 5.45. The summed E-state index contributed by atoms with van der Waals surface area (Å²) in [5.74, 6) is 1.13. The fourth-order valence-electron chi connectivity index (χ4n) is 2.42. The maximum atomic E-state index is 10.7. The summed E-state index contributed by atoms with van der Waals surface area (Å²) >= 11 is 0. The van der Waals surface area contributed by atoms with Gasteiger partial charge in [-0.05, 0) is 35.2 Å². The minimum atomic E-state index is -0.749. The monoisotopic (exact) mass is 346 g/mol. The van der Waals surface area contributed by atoms with Crippen LogP contribution in [0.15, 0.2) is 42.5 Å². The van der Waals surface area contributed by atoms with Crippen LogP contribution in [0.1, 0.15) is 36.1 Å². The number of hydrogen-bond acceptors (Lipinski definition) is 5. The highest BCUT2D eigenvalue weighted by Gasteiger charge is 2.14. The zero-order chi connectivity index (χ0) is 18.1. The number of rotatable bonds is 10. The summed E-state index contributed by atoms with van der Waals surface area (Å²) in [5.41, 5.74) is 2.62. The van der Waals surface area contributed by atoms with Gasteiger partial charge in [-0.3, -0.25) is 0 Å². The first-order valence-electron chi connectivity index (χ1n) is 8.34. The Morgan fingerprint density at radius 3 is 2.32 bits per heavy atom. The molecule has 0 fully saturated rings. The van der Waals surface area contributed by atoms with Crippen LogP contribution in [0.4, 0.5) is 0 Å². The van der Waals surface area contributed by atoms with E-state index in [4.69, 9.17) is 18.9 Å². The molecule has 0 radical (unpaired) electrons. The zero-order valence-corrected chi connectivity index (χ0v) is 15.0. The summed E-state index contributed by atoms with van der Waals surface area (Å²) in [6.45, 7) is 3.53. The van der Waals surface area contributed by atoms with Crippen molar-refractivity contribution in [1.82, 2.24) is 0 Å². The van der Waals surface area contributed by atoms with E-state index in [0.717, 1.165) is 29.7 Å². The summed E-state index contributed by atoms with van der Waals surface area (Å²) in [6, 6.07) is 13.1. The Kier molecular flexibility index (Phi) is 7.73. The molecular formula is C20H26O5. The largest absolute Gasteiger partial charge is 0.493 e. The topological polar surface area (TPSA) is 57.2 Å². The van der Waals surface area contributed by atoms with Crippen molar-refractivity contribution in [3.8, 4) is 11.5 Å². The van der Waals surface area contributed by atoms with Crippen LogP contribution in [0.25, 0.3) is 0 Å². The van der Waals surface area contributed by atoms with E-state index in [0.29, 0.717) is 18.1 Å². The average Bonchev–Trinajstić information content (AvgIpc) is 2.66. The minimum absolute atomic E-state index is 0.113. The third kappa shape index (κ3) is 5.46. The lowest BCUT2D eigenvalue weighted by atomic mass is 10.00. The molecule has 5 heteroatoms. The maximum Gasteiger partial charge on any atom is 0.188 e. The maximum absolute atomic E-state index is 10.7. The van der Waals surface area contributed by atoms with E-state index in [2.05, 4.69) is 6.92 Å². The van der Waals surface area contributed by atoms with E-state index in [1.54, 1.807) is 26.4 Å².